The van der Waals surface area contributed by atoms with E-state index in [-0.39, 0.29) is 5.97 Å². The fourth-order valence-electron chi connectivity index (χ4n) is 3.45. The van der Waals surface area contributed by atoms with Crippen molar-refractivity contribution >= 4 is 17.8 Å². The van der Waals surface area contributed by atoms with Crippen LogP contribution in [0, 0.1) is 5.92 Å². The highest BCUT2D eigenvalue weighted by molar-refractivity contribution is 6.13. The van der Waals surface area contributed by atoms with Gasteiger partial charge in [0.15, 0.2) is 0 Å². The zero-order valence-corrected chi connectivity index (χ0v) is 14.3. The Labute approximate surface area is 136 Å². The van der Waals surface area contributed by atoms with E-state index in [4.69, 9.17) is 11.9 Å². The number of hydrogen-bond acceptors (Lipinski definition) is 2. The molecule has 21 heavy (non-hydrogen) atoms. The average molecular weight is 317 g/mol. The first kappa shape index (κ1) is 18.8. The van der Waals surface area contributed by atoms with Gasteiger partial charge >= 0.3 is 5.97 Å². The summed E-state index contributed by atoms with van der Waals surface area (Å²) in [4.78, 5) is 10.8. The molecule has 0 aromatic heterocycles. The maximum atomic E-state index is 10.8. The van der Waals surface area contributed by atoms with Crippen LogP contribution in [-0.2, 0) is 9.08 Å². The third-order valence-corrected chi connectivity index (χ3v) is 4.98. The number of hydrogen-bond donors (Lipinski definition) is 0. The topological polar surface area (TPSA) is 26.3 Å². The molecule has 0 aromatic carbocycles. The molecule has 0 saturated heterocycles. The summed E-state index contributed by atoms with van der Waals surface area (Å²) in [6.45, 7) is 0. The molecule has 0 amide bonds. The quantitative estimate of drug-likeness (QED) is 0.360. The number of carbonyl (C=O) groups is 1. The third-order valence-electron chi connectivity index (χ3n) is 4.80. The van der Waals surface area contributed by atoms with Gasteiger partial charge in [-0.25, -0.2) is 0 Å². The minimum absolute atomic E-state index is 0.297. The minimum atomic E-state index is -0.297. The van der Waals surface area contributed by atoms with Crippen molar-refractivity contribution < 1.29 is 9.08 Å². The lowest BCUT2D eigenvalue weighted by Gasteiger charge is -2.07. The summed E-state index contributed by atoms with van der Waals surface area (Å²) in [5.41, 5.74) is 0. The van der Waals surface area contributed by atoms with Crippen LogP contribution < -0.4 is 0 Å². The normalized spacial score (nSPS) is 15.5. The average Bonchev–Trinajstić information content (AvgIpc) is 3.01. The van der Waals surface area contributed by atoms with Crippen LogP contribution in [0.3, 0.4) is 0 Å². The lowest BCUT2D eigenvalue weighted by Crippen LogP contribution is -1.95. The van der Waals surface area contributed by atoms with Crippen LogP contribution in [-0.4, -0.2) is 5.97 Å². The lowest BCUT2D eigenvalue weighted by molar-refractivity contribution is -0.134. The Bertz CT molecular complexity index is 250. The molecule has 0 spiro atoms. The van der Waals surface area contributed by atoms with E-state index in [1.54, 1.807) is 0 Å². The molecule has 1 aliphatic carbocycles. The second-order valence-corrected chi connectivity index (χ2v) is 6.83. The second-order valence-electron chi connectivity index (χ2n) is 6.67. The molecule has 3 heteroatoms. The van der Waals surface area contributed by atoms with Crippen LogP contribution in [0.5, 0.6) is 0 Å². The van der Waals surface area contributed by atoms with Crippen LogP contribution in [0.15, 0.2) is 0 Å². The van der Waals surface area contributed by atoms with Gasteiger partial charge in [-0.2, -0.15) is 0 Å². The molecular formula is C18H33ClO2. The Morgan fingerprint density at radius 1 is 0.810 bits per heavy atom. The first-order valence-corrected chi connectivity index (χ1v) is 9.45. The Kier molecular flexibility index (Phi) is 12.0. The molecule has 0 aliphatic heterocycles. The largest absolute Gasteiger partial charge is 0.348 e. The van der Waals surface area contributed by atoms with E-state index >= 15 is 0 Å². The molecule has 0 bridgehead atoms. The first-order valence-electron chi connectivity index (χ1n) is 9.14. The van der Waals surface area contributed by atoms with E-state index in [0.29, 0.717) is 6.42 Å². The van der Waals surface area contributed by atoms with Gasteiger partial charge in [0.05, 0.1) is 0 Å². The fraction of sp³-hybridized carbons (Fsp3) is 0.944. The molecular weight excluding hydrogens is 284 g/mol. The molecule has 1 rings (SSSR count). The smallest absolute Gasteiger partial charge is 0.324 e. The SMILES string of the molecule is O=C(CCCCCCCCCCCCC1CCCC1)OCl. The third kappa shape index (κ3) is 11.0. The molecule has 0 N–H and O–H groups in total. The molecule has 2 nitrogen and oxygen atoms in total. The van der Waals surface area contributed by atoms with Crippen LogP contribution in [0.1, 0.15) is 103 Å². The molecule has 0 radical (unpaired) electrons. The highest BCUT2D eigenvalue weighted by Gasteiger charge is 2.13. The highest BCUT2D eigenvalue weighted by atomic mass is 35.5. The molecule has 0 heterocycles. The summed E-state index contributed by atoms with van der Waals surface area (Å²) in [5.74, 6) is 0.773. The number of unbranched alkanes of at least 4 members (excludes halogenated alkanes) is 9. The van der Waals surface area contributed by atoms with Gasteiger partial charge in [-0.15, -0.1) is 0 Å². The Morgan fingerprint density at radius 2 is 1.29 bits per heavy atom. The number of rotatable bonds is 13. The van der Waals surface area contributed by atoms with E-state index in [1.807, 2.05) is 0 Å². The standard InChI is InChI=1S/C18H33ClO2/c19-21-18(20)16-10-8-6-4-2-1-3-5-7-9-13-17-14-11-12-15-17/h17H,1-16H2. The van der Waals surface area contributed by atoms with Crippen molar-refractivity contribution in [3.05, 3.63) is 0 Å². The Hall–Kier alpha value is -0.240. The second kappa shape index (κ2) is 13.4. The van der Waals surface area contributed by atoms with Crippen LogP contribution in [0.25, 0.3) is 0 Å². The maximum Gasteiger partial charge on any atom is 0.324 e. The number of halogens is 1. The van der Waals surface area contributed by atoms with E-state index in [2.05, 4.69) is 4.29 Å². The Morgan fingerprint density at radius 3 is 1.81 bits per heavy atom. The molecule has 1 aliphatic rings. The van der Waals surface area contributed by atoms with Crippen LogP contribution in [0.2, 0.25) is 0 Å². The van der Waals surface area contributed by atoms with Crippen LogP contribution in [0.4, 0.5) is 0 Å². The zero-order valence-electron chi connectivity index (χ0n) is 13.6. The fourth-order valence-corrected chi connectivity index (χ4v) is 3.53. The molecule has 0 atom stereocenters. The summed E-state index contributed by atoms with van der Waals surface area (Å²) < 4.78 is 4.11. The van der Waals surface area contributed by atoms with E-state index < -0.39 is 0 Å². The Balaban J connectivity index is 1.69. The van der Waals surface area contributed by atoms with Gasteiger partial charge in [0.25, 0.3) is 0 Å². The first-order chi connectivity index (χ1) is 10.3. The van der Waals surface area contributed by atoms with Crippen LogP contribution >= 0.6 is 11.9 Å². The van der Waals surface area contributed by atoms with Gasteiger partial charge in [-0.1, -0.05) is 89.9 Å². The van der Waals surface area contributed by atoms with E-state index in [9.17, 15) is 4.79 Å². The summed E-state index contributed by atoms with van der Waals surface area (Å²) >= 11 is 4.97. The predicted octanol–water partition coefficient (Wildman–Crippen LogP) is 6.55. The monoisotopic (exact) mass is 316 g/mol. The highest BCUT2D eigenvalue weighted by Crippen LogP contribution is 2.29. The number of carbonyl (C=O) groups excluding carboxylic acids is 1. The molecule has 124 valence electrons. The van der Waals surface area contributed by atoms with Gasteiger partial charge in [-0.05, 0) is 12.3 Å². The predicted molar refractivity (Wildman–Crippen MR) is 89.3 cm³/mol. The molecule has 0 unspecified atom stereocenters. The van der Waals surface area contributed by atoms with Crippen molar-refractivity contribution in [3.63, 3.8) is 0 Å². The molecule has 0 aromatic rings. The minimum Gasteiger partial charge on any atom is -0.348 e. The van der Waals surface area contributed by atoms with Crippen molar-refractivity contribution in [2.75, 3.05) is 0 Å². The molecule has 1 fully saturated rings. The van der Waals surface area contributed by atoms with Gasteiger partial charge in [-0.3, -0.25) is 4.79 Å². The van der Waals surface area contributed by atoms with Crippen molar-refractivity contribution in [1.29, 1.82) is 0 Å². The summed E-state index contributed by atoms with van der Waals surface area (Å²) in [6, 6.07) is 0. The van der Waals surface area contributed by atoms with Gasteiger partial charge in [0, 0.05) is 6.42 Å². The summed E-state index contributed by atoms with van der Waals surface area (Å²) in [7, 11) is 0. The summed E-state index contributed by atoms with van der Waals surface area (Å²) in [6.07, 6.45) is 21.0. The van der Waals surface area contributed by atoms with E-state index in [1.165, 1.54) is 83.5 Å². The maximum absolute atomic E-state index is 10.8. The van der Waals surface area contributed by atoms with Gasteiger partial charge in [0.1, 0.15) is 11.9 Å². The summed E-state index contributed by atoms with van der Waals surface area (Å²) in [5, 5.41) is 0. The van der Waals surface area contributed by atoms with Gasteiger partial charge < -0.3 is 4.29 Å². The van der Waals surface area contributed by atoms with Gasteiger partial charge in [0.2, 0.25) is 0 Å². The van der Waals surface area contributed by atoms with Crippen molar-refractivity contribution in [1.82, 2.24) is 0 Å². The van der Waals surface area contributed by atoms with Crippen molar-refractivity contribution in [2.45, 2.75) is 103 Å². The van der Waals surface area contributed by atoms with E-state index in [0.717, 1.165) is 18.8 Å². The van der Waals surface area contributed by atoms with Crippen molar-refractivity contribution in [2.24, 2.45) is 5.92 Å². The lowest BCUT2D eigenvalue weighted by atomic mass is 9.99. The van der Waals surface area contributed by atoms with Crippen molar-refractivity contribution in [3.8, 4) is 0 Å². The molecule has 1 saturated carbocycles. The zero-order chi connectivity index (χ0) is 15.2.